The van der Waals surface area contributed by atoms with Crippen molar-refractivity contribution in [2.75, 3.05) is 0 Å². The number of benzene rings is 2. The Hall–Kier alpha value is -2.49. The molecule has 1 amide bonds. The van der Waals surface area contributed by atoms with E-state index in [1.165, 1.54) is 0 Å². The van der Waals surface area contributed by atoms with Crippen LogP contribution in [-0.2, 0) is 16.6 Å². The Morgan fingerprint density at radius 2 is 2.00 bits per heavy atom. The second-order valence-electron chi connectivity index (χ2n) is 5.74. The number of fused-ring (bicyclic) bond motifs is 1. The van der Waals surface area contributed by atoms with Crippen LogP contribution in [0.15, 0.2) is 41.3 Å². The summed E-state index contributed by atoms with van der Waals surface area (Å²) in [5.41, 5.74) is 3.86. The van der Waals surface area contributed by atoms with Crippen molar-refractivity contribution in [3.63, 3.8) is 0 Å². The lowest BCUT2D eigenvalue weighted by atomic mass is 10.2. The monoisotopic (exact) mass is 410 g/mol. The minimum absolute atomic E-state index is 0.233. The van der Waals surface area contributed by atoms with Crippen LogP contribution in [0.1, 0.15) is 23.1 Å². The number of nitrogens with one attached hydrogen (secondary N) is 2. The molecule has 0 bridgehead atoms. The average Bonchev–Trinajstić information content (AvgIpc) is 2.93. The fourth-order valence-corrected chi connectivity index (χ4v) is 4.10. The summed E-state index contributed by atoms with van der Waals surface area (Å²) in [5, 5.41) is -0.293. The molecule has 2 N–H and O–H groups in total. The number of hydrazine groups is 1. The molecule has 0 saturated carbocycles. The minimum Gasteiger partial charge on any atom is -0.329 e. The molecule has 3 aromatic rings. The summed E-state index contributed by atoms with van der Waals surface area (Å²) in [4.78, 5) is 18.3. The maximum Gasteiger partial charge on any atom is 0.266 e. The fraction of sp³-hybridized carbons (Fsp3) is 0.176. The number of nitrogens with zero attached hydrogens (tertiary/aromatic N) is 2. The van der Waals surface area contributed by atoms with E-state index in [2.05, 4.69) is 10.4 Å². The largest absolute Gasteiger partial charge is 0.329 e. The van der Waals surface area contributed by atoms with Gasteiger partial charge in [0.2, 0.25) is 0 Å². The second kappa shape index (κ2) is 7.26. The molecule has 1 heterocycles. The van der Waals surface area contributed by atoms with Gasteiger partial charge in [-0.1, -0.05) is 11.6 Å². The van der Waals surface area contributed by atoms with Crippen LogP contribution in [0, 0.1) is 12.7 Å². The standard InChI is InChI=1S/C17H16ClFN4O3S/c1-3-23-10(2)20-14-8-11(4-6-15(14)23)17(24)21-22-27(25,26)16-7-5-12(19)9-13(16)18/h4-9,22H,3H2,1-2H3,(H,21,24). The maximum absolute atomic E-state index is 13.1. The van der Waals surface area contributed by atoms with Crippen molar-refractivity contribution < 1.29 is 17.6 Å². The third kappa shape index (κ3) is 3.80. The average molecular weight is 411 g/mol. The number of imidazole rings is 1. The second-order valence-corrected chi connectivity index (χ2v) is 7.80. The zero-order valence-electron chi connectivity index (χ0n) is 14.5. The molecular weight excluding hydrogens is 395 g/mol. The molecule has 0 aliphatic carbocycles. The first-order chi connectivity index (χ1) is 12.7. The summed E-state index contributed by atoms with van der Waals surface area (Å²) < 4.78 is 39.6. The highest BCUT2D eigenvalue weighted by Gasteiger charge is 2.20. The fourth-order valence-electron chi connectivity index (χ4n) is 2.72. The predicted octanol–water partition coefficient (Wildman–Crippen LogP) is 2.78. The molecule has 142 valence electrons. The Bertz CT molecular complexity index is 1140. The van der Waals surface area contributed by atoms with E-state index >= 15 is 0 Å². The molecule has 27 heavy (non-hydrogen) atoms. The Kier molecular flexibility index (Phi) is 5.18. The van der Waals surface area contributed by atoms with Gasteiger partial charge >= 0.3 is 0 Å². The summed E-state index contributed by atoms with van der Waals surface area (Å²) >= 11 is 5.76. The lowest BCUT2D eigenvalue weighted by molar-refractivity contribution is 0.0945. The van der Waals surface area contributed by atoms with E-state index in [1.54, 1.807) is 18.2 Å². The number of aromatic nitrogens is 2. The number of rotatable bonds is 5. The molecule has 10 heteroatoms. The molecule has 0 atom stereocenters. The van der Waals surface area contributed by atoms with Gasteiger partial charge in [-0.3, -0.25) is 10.2 Å². The van der Waals surface area contributed by atoms with Crippen molar-refractivity contribution in [1.82, 2.24) is 19.8 Å². The molecule has 2 aromatic carbocycles. The van der Waals surface area contributed by atoms with Gasteiger partial charge in [0.25, 0.3) is 15.9 Å². The summed E-state index contributed by atoms with van der Waals surface area (Å²) in [7, 11) is -4.16. The number of sulfonamides is 1. The molecule has 0 radical (unpaired) electrons. The van der Waals surface area contributed by atoms with Crippen LogP contribution in [0.25, 0.3) is 11.0 Å². The van der Waals surface area contributed by atoms with E-state index < -0.39 is 21.7 Å². The Morgan fingerprint density at radius 1 is 1.26 bits per heavy atom. The van der Waals surface area contributed by atoms with Gasteiger partial charge in [0, 0.05) is 12.1 Å². The van der Waals surface area contributed by atoms with E-state index in [0.717, 1.165) is 36.1 Å². The van der Waals surface area contributed by atoms with Crippen molar-refractivity contribution in [3.8, 4) is 0 Å². The van der Waals surface area contributed by atoms with Gasteiger partial charge in [-0.15, -0.1) is 4.83 Å². The van der Waals surface area contributed by atoms with Gasteiger partial charge in [-0.25, -0.2) is 17.8 Å². The van der Waals surface area contributed by atoms with Crippen LogP contribution in [0.3, 0.4) is 0 Å². The molecule has 0 saturated heterocycles. The van der Waals surface area contributed by atoms with Crippen molar-refractivity contribution in [2.45, 2.75) is 25.3 Å². The van der Waals surface area contributed by atoms with Crippen LogP contribution in [-0.4, -0.2) is 23.9 Å². The number of aryl methyl sites for hydroxylation is 2. The normalized spacial score (nSPS) is 11.7. The number of halogens is 2. The highest BCUT2D eigenvalue weighted by atomic mass is 35.5. The lowest BCUT2D eigenvalue weighted by Gasteiger charge is -2.10. The Labute approximate surface area is 160 Å². The highest BCUT2D eigenvalue weighted by molar-refractivity contribution is 7.89. The maximum atomic E-state index is 13.1. The zero-order chi connectivity index (χ0) is 19.8. The number of amides is 1. The first kappa shape index (κ1) is 19.3. The zero-order valence-corrected chi connectivity index (χ0v) is 16.0. The first-order valence-corrected chi connectivity index (χ1v) is 9.83. The van der Waals surface area contributed by atoms with E-state index in [9.17, 15) is 17.6 Å². The predicted molar refractivity (Wildman–Crippen MR) is 99.3 cm³/mol. The summed E-state index contributed by atoms with van der Waals surface area (Å²) in [5.74, 6) is -0.516. The summed E-state index contributed by atoms with van der Waals surface area (Å²) in [6.07, 6.45) is 0. The van der Waals surface area contributed by atoms with E-state index in [1.807, 2.05) is 23.2 Å². The van der Waals surface area contributed by atoms with Crippen molar-refractivity contribution in [3.05, 3.63) is 58.6 Å². The van der Waals surface area contributed by atoms with E-state index in [4.69, 9.17) is 11.6 Å². The van der Waals surface area contributed by atoms with Gasteiger partial charge in [0.05, 0.1) is 16.1 Å². The van der Waals surface area contributed by atoms with Crippen molar-refractivity contribution in [1.29, 1.82) is 0 Å². The summed E-state index contributed by atoms with van der Waals surface area (Å²) in [6.45, 7) is 4.60. The van der Waals surface area contributed by atoms with Gasteiger partial charge < -0.3 is 4.57 Å². The van der Waals surface area contributed by atoms with E-state index in [0.29, 0.717) is 5.52 Å². The Morgan fingerprint density at radius 3 is 2.67 bits per heavy atom. The van der Waals surface area contributed by atoms with Crippen LogP contribution in [0.2, 0.25) is 5.02 Å². The third-order valence-electron chi connectivity index (χ3n) is 4.00. The number of hydrogen-bond acceptors (Lipinski definition) is 4. The molecule has 0 unspecified atom stereocenters. The topological polar surface area (TPSA) is 93.1 Å². The number of carbonyl (C=O) groups is 1. The lowest BCUT2D eigenvalue weighted by Crippen LogP contribution is -2.41. The number of carbonyl (C=O) groups excluding carboxylic acids is 1. The van der Waals surface area contributed by atoms with Gasteiger partial charge in [0.1, 0.15) is 16.5 Å². The minimum atomic E-state index is -4.16. The molecule has 7 nitrogen and oxygen atoms in total. The van der Waals surface area contributed by atoms with Gasteiger partial charge in [0.15, 0.2) is 0 Å². The van der Waals surface area contributed by atoms with Crippen LogP contribution in [0.5, 0.6) is 0 Å². The summed E-state index contributed by atoms with van der Waals surface area (Å²) in [6, 6.07) is 7.74. The van der Waals surface area contributed by atoms with Gasteiger partial charge in [-0.2, -0.15) is 0 Å². The highest BCUT2D eigenvalue weighted by Crippen LogP contribution is 2.22. The van der Waals surface area contributed by atoms with Crippen molar-refractivity contribution in [2.24, 2.45) is 0 Å². The van der Waals surface area contributed by atoms with Gasteiger partial charge in [-0.05, 0) is 50.2 Å². The molecule has 0 aliphatic rings. The molecule has 0 fully saturated rings. The molecule has 1 aromatic heterocycles. The van der Waals surface area contributed by atoms with Crippen LogP contribution >= 0.6 is 11.6 Å². The van der Waals surface area contributed by atoms with E-state index in [-0.39, 0.29) is 15.5 Å². The smallest absolute Gasteiger partial charge is 0.266 e. The molecular formula is C17H16ClFN4O3S. The SMILES string of the molecule is CCn1c(C)nc2cc(C(=O)NNS(=O)(=O)c3ccc(F)cc3Cl)ccc21. The Balaban J connectivity index is 1.80. The first-order valence-electron chi connectivity index (χ1n) is 7.97. The van der Waals surface area contributed by atoms with Crippen LogP contribution < -0.4 is 10.3 Å². The van der Waals surface area contributed by atoms with Crippen molar-refractivity contribution >= 4 is 38.6 Å². The van der Waals surface area contributed by atoms with Crippen LogP contribution in [0.4, 0.5) is 4.39 Å². The molecule has 0 spiro atoms. The number of hydrogen-bond donors (Lipinski definition) is 2. The molecule has 0 aliphatic heterocycles. The quantitative estimate of drug-likeness (QED) is 0.632. The molecule has 3 rings (SSSR count). The third-order valence-corrected chi connectivity index (χ3v) is 5.73.